The summed E-state index contributed by atoms with van der Waals surface area (Å²) < 4.78 is 33.7. The van der Waals surface area contributed by atoms with Gasteiger partial charge in [0.2, 0.25) is 11.0 Å². The third-order valence-corrected chi connectivity index (χ3v) is 9.59. The molecule has 1 aliphatic rings. The lowest BCUT2D eigenvalue weighted by molar-refractivity contribution is 0.171. The molecule has 2 aromatic heterocycles. The first kappa shape index (κ1) is 32.0. The zero-order valence-corrected chi connectivity index (χ0v) is 27.5. The molecule has 0 bridgehead atoms. The summed E-state index contributed by atoms with van der Waals surface area (Å²) in [6, 6.07) is 4.81. The number of likely N-dealkylation sites (tertiary alicyclic amines) is 1. The van der Waals surface area contributed by atoms with E-state index in [2.05, 4.69) is 63.5 Å². The van der Waals surface area contributed by atoms with Gasteiger partial charge in [-0.2, -0.15) is 10.1 Å². The van der Waals surface area contributed by atoms with Crippen molar-refractivity contribution in [2.45, 2.75) is 84.4 Å². The first-order valence-electron chi connectivity index (χ1n) is 14.6. The van der Waals surface area contributed by atoms with E-state index in [-0.39, 0.29) is 33.6 Å². The van der Waals surface area contributed by atoms with Gasteiger partial charge in [0, 0.05) is 19.3 Å². The molecule has 10 nitrogen and oxygen atoms in total. The molecular weight excluding hydrogens is 574 g/mol. The highest BCUT2D eigenvalue weighted by Crippen LogP contribution is 2.38. The molecule has 230 valence electrons. The van der Waals surface area contributed by atoms with Crippen LogP contribution in [0.25, 0.3) is 0 Å². The summed E-state index contributed by atoms with van der Waals surface area (Å²) in [4.78, 5) is 11.5. The van der Waals surface area contributed by atoms with Crippen molar-refractivity contribution in [2.24, 2.45) is 13.0 Å². The summed E-state index contributed by atoms with van der Waals surface area (Å²) in [6.07, 6.45) is 5.28. The van der Waals surface area contributed by atoms with Gasteiger partial charge in [0.1, 0.15) is 10.8 Å². The largest absolute Gasteiger partial charge is 0.489 e. The van der Waals surface area contributed by atoms with Gasteiger partial charge in [-0.3, -0.25) is 4.68 Å². The van der Waals surface area contributed by atoms with Crippen LogP contribution in [0.15, 0.2) is 29.6 Å². The van der Waals surface area contributed by atoms with Crippen LogP contribution in [0.5, 0.6) is 5.75 Å². The number of aryl methyl sites for hydroxylation is 2. The Morgan fingerprint density at radius 1 is 1.07 bits per heavy atom. The van der Waals surface area contributed by atoms with Crippen LogP contribution in [-0.4, -0.2) is 64.1 Å². The van der Waals surface area contributed by atoms with Gasteiger partial charge in [0.25, 0.3) is 0 Å². The Balaban J connectivity index is 1.62. The zero-order chi connectivity index (χ0) is 30.8. The minimum Gasteiger partial charge on any atom is -0.489 e. The molecule has 1 saturated heterocycles. The van der Waals surface area contributed by atoms with Crippen LogP contribution in [0.2, 0.25) is 5.02 Å². The van der Waals surface area contributed by atoms with E-state index in [1.54, 1.807) is 13.2 Å². The minimum atomic E-state index is -3.62. The fraction of sp³-hybridized carbons (Fsp3) is 0.567. The molecule has 0 saturated carbocycles. The number of benzene rings is 1. The summed E-state index contributed by atoms with van der Waals surface area (Å²) in [5.41, 5.74) is 3.54. The van der Waals surface area contributed by atoms with E-state index in [0.29, 0.717) is 23.6 Å². The van der Waals surface area contributed by atoms with Gasteiger partial charge in [-0.1, -0.05) is 25.4 Å². The van der Waals surface area contributed by atoms with E-state index < -0.39 is 9.84 Å². The maximum Gasteiger partial charge on any atom is 0.229 e. The van der Waals surface area contributed by atoms with E-state index in [0.717, 1.165) is 37.4 Å². The maximum atomic E-state index is 13.0. The number of sulfone groups is 1. The van der Waals surface area contributed by atoms with Crippen molar-refractivity contribution in [3.63, 3.8) is 0 Å². The molecule has 1 aromatic carbocycles. The van der Waals surface area contributed by atoms with Crippen LogP contribution >= 0.6 is 11.6 Å². The third-order valence-electron chi connectivity index (χ3n) is 7.32. The fourth-order valence-corrected chi connectivity index (χ4v) is 7.25. The maximum absolute atomic E-state index is 13.0. The highest BCUT2D eigenvalue weighted by atomic mass is 35.5. The predicted molar refractivity (Wildman–Crippen MR) is 169 cm³/mol. The number of nitrogens with one attached hydrogen (secondary N) is 2. The van der Waals surface area contributed by atoms with Gasteiger partial charge in [-0.15, -0.1) is 0 Å². The lowest BCUT2D eigenvalue weighted by Gasteiger charge is -2.35. The number of anilines is 4. The molecule has 1 fully saturated rings. The number of halogens is 1. The zero-order valence-electron chi connectivity index (χ0n) is 25.9. The van der Waals surface area contributed by atoms with Crippen molar-refractivity contribution in [1.29, 1.82) is 0 Å². The van der Waals surface area contributed by atoms with E-state index in [1.165, 1.54) is 22.0 Å². The monoisotopic (exact) mass is 617 g/mol. The van der Waals surface area contributed by atoms with Crippen LogP contribution in [0.4, 0.5) is 23.1 Å². The number of ether oxygens (including phenoxy) is 1. The average Bonchev–Trinajstić information content (AvgIpc) is 3.27. The van der Waals surface area contributed by atoms with Crippen molar-refractivity contribution in [3.8, 4) is 5.75 Å². The van der Waals surface area contributed by atoms with Crippen molar-refractivity contribution in [1.82, 2.24) is 24.6 Å². The Kier molecular flexibility index (Phi) is 10.1. The second-order valence-electron chi connectivity index (χ2n) is 12.1. The summed E-state index contributed by atoms with van der Waals surface area (Å²) in [5, 5.41) is 10.8. The normalized spacial score (nSPS) is 15.1. The quantitative estimate of drug-likeness (QED) is 0.250. The smallest absolute Gasteiger partial charge is 0.229 e. The molecule has 1 aliphatic heterocycles. The predicted octanol–water partition coefficient (Wildman–Crippen LogP) is 6.46. The fourth-order valence-electron chi connectivity index (χ4n) is 5.38. The average molecular weight is 618 g/mol. The lowest BCUT2D eigenvalue weighted by Crippen LogP contribution is -2.37. The molecule has 3 aromatic rings. The van der Waals surface area contributed by atoms with Gasteiger partial charge >= 0.3 is 0 Å². The van der Waals surface area contributed by atoms with Crippen LogP contribution in [-0.2, 0) is 16.9 Å². The highest BCUT2D eigenvalue weighted by Gasteiger charge is 2.26. The standard InChI is InChI=1S/C30H44ClN7O3S/c1-18(2)17-42(39,40)29-26(16-37(8)36-29)33-28-24(31)15-32-30(35-28)34-25-13-21(7)23(14-27(25)41-20(5)6)22-9-11-38(12-10-22)19(3)4/h13-16,18-20,22H,9-12,17H2,1-8H3,(H2,32,33,34,35). The Morgan fingerprint density at radius 2 is 1.76 bits per heavy atom. The van der Waals surface area contributed by atoms with Gasteiger partial charge < -0.3 is 20.3 Å². The molecule has 3 heterocycles. The number of aromatic nitrogens is 4. The van der Waals surface area contributed by atoms with E-state index in [9.17, 15) is 8.42 Å². The van der Waals surface area contributed by atoms with E-state index >= 15 is 0 Å². The first-order valence-corrected chi connectivity index (χ1v) is 16.6. The van der Waals surface area contributed by atoms with Crippen molar-refractivity contribution in [3.05, 3.63) is 40.7 Å². The van der Waals surface area contributed by atoms with Gasteiger partial charge in [0.05, 0.1) is 29.4 Å². The Labute approximate surface area is 255 Å². The number of hydrogen-bond acceptors (Lipinski definition) is 9. The molecule has 0 spiro atoms. The molecule has 12 heteroatoms. The number of rotatable bonds is 11. The van der Waals surface area contributed by atoms with Crippen LogP contribution in [0.1, 0.15) is 71.4 Å². The van der Waals surface area contributed by atoms with Gasteiger partial charge in [-0.05, 0) is 95.6 Å². The molecular formula is C30H44ClN7O3S. The molecule has 4 rings (SSSR count). The Morgan fingerprint density at radius 3 is 2.38 bits per heavy atom. The summed E-state index contributed by atoms with van der Waals surface area (Å²) in [7, 11) is -1.95. The van der Waals surface area contributed by atoms with Gasteiger partial charge in [0.15, 0.2) is 15.7 Å². The molecule has 0 aliphatic carbocycles. The van der Waals surface area contributed by atoms with Crippen molar-refractivity contribution in [2.75, 3.05) is 29.5 Å². The molecule has 0 amide bonds. The topological polar surface area (TPSA) is 114 Å². The highest BCUT2D eigenvalue weighted by molar-refractivity contribution is 7.91. The SMILES string of the molecule is Cc1cc(Nc2ncc(Cl)c(Nc3cn(C)nc3S(=O)(=O)CC(C)C)n2)c(OC(C)C)cc1C1CCN(C(C)C)CC1. The van der Waals surface area contributed by atoms with Crippen molar-refractivity contribution >= 4 is 44.6 Å². The van der Waals surface area contributed by atoms with Gasteiger partial charge in [-0.25, -0.2) is 13.4 Å². The first-order chi connectivity index (χ1) is 19.7. The molecule has 0 unspecified atom stereocenters. The lowest BCUT2D eigenvalue weighted by atomic mass is 9.86. The van der Waals surface area contributed by atoms with Crippen molar-refractivity contribution < 1.29 is 13.2 Å². The van der Waals surface area contributed by atoms with E-state index in [4.69, 9.17) is 16.3 Å². The molecule has 42 heavy (non-hydrogen) atoms. The summed E-state index contributed by atoms with van der Waals surface area (Å²) in [5.74, 6) is 1.70. The molecule has 0 radical (unpaired) electrons. The number of hydrogen-bond donors (Lipinski definition) is 2. The van der Waals surface area contributed by atoms with E-state index in [1.807, 2.05) is 27.7 Å². The number of nitrogens with zero attached hydrogens (tertiary/aromatic N) is 5. The summed E-state index contributed by atoms with van der Waals surface area (Å²) >= 11 is 6.45. The third kappa shape index (κ3) is 7.73. The van der Waals surface area contributed by atoms with Crippen LogP contribution in [0, 0.1) is 12.8 Å². The summed E-state index contributed by atoms with van der Waals surface area (Å²) in [6.45, 7) is 16.5. The molecule has 0 atom stereocenters. The Bertz CT molecular complexity index is 1500. The van der Waals surface area contributed by atoms with Crippen LogP contribution in [0.3, 0.4) is 0 Å². The minimum absolute atomic E-state index is 0.0200. The Hall–Kier alpha value is -2.89. The number of piperidine rings is 1. The second kappa shape index (κ2) is 13.2. The van der Waals surface area contributed by atoms with Crippen LogP contribution < -0.4 is 15.4 Å². The second-order valence-corrected chi connectivity index (χ2v) is 14.5. The molecule has 2 N–H and O–H groups in total.